The summed E-state index contributed by atoms with van der Waals surface area (Å²) in [6.45, 7) is 1.83. The normalized spacial score (nSPS) is 10.2. The van der Waals surface area contributed by atoms with Crippen molar-refractivity contribution >= 4 is 29.5 Å². The second-order valence-corrected chi connectivity index (χ2v) is 6.13. The molecule has 0 unspecified atom stereocenters. The lowest BCUT2D eigenvalue weighted by atomic mass is 10.2. The molecule has 0 spiro atoms. The standard InChI is InChI=1S/C19H21ClN2O7/c1-3-6-28-17-14(20)8-12(9-15(17)26-2)18(24)29-11-16(23)22-19(25)21-10-13-5-4-7-27-13/h4-5,7-9H,3,6,10-11H2,1-2H3,(H2,21,22,23,25). The van der Waals surface area contributed by atoms with E-state index in [0.29, 0.717) is 18.1 Å². The first kappa shape index (κ1) is 22.1. The molecule has 0 bridgehead atoms. The van der Waals surface area contributed by atoms with Crippen LogP contribution in [0.5, 0.6) is 11.5 Å². The second kappa shape index (κ2) is 11.0. The molecular weight excluding hydrogens is 404 g/mol. The third-order valence-electron chi connectivity index (χ3n) is 3.51. The highest BCUT2D eigenvalue weighted by atomic mass is 35.5. The highest BCUT2D eigenvalue weighted by Gasteiger charge is 2.18. The van der Waals surface area contributed by atoms with Crippen LogP contribution in [-0.4, -0.2) is 38.2 Å². The summed E-state index contributed by atoms with van der Waals surface area (Å²) in [7, 11) is 1.41. The Hall–Kier alpha value is -3.20. The predicted octanol–water partition coefficient (Wildman–Crippen LogP) is 2.91. The zero-order valence-corrected chi connectivity index (χ0v) is 16.7. The van der Waals surface area contributed by atoms with Gasteiger partial charge in [-0.15, -0.1) is 0 Å². The average molecular weight is 425 g/mol. The van der Waals surface area contributed by atoms with Gasteiger partial charge in [0, 0.05) is 0 Å². The number of hydrogen-bond donors (Lipinski definition) is 2. The number of esters is 1. The van der Waals surface area contributed by atoms with Gasteiger partial charge < -0.3 is 23.9 Å². The third kappa shape index (κ3) is 6.72. The van der Waals surface area contributed by atoms with Crippen LogP contribution in [0.3, 0.4) is 0 Å². The van der Waals surface area contributed by atoms with Crippen LogP contribution in [0.15, 0.2) is 34.9 Å². The van der Waals surface area contributed by atoms with Gasteiger partial charge in [-0.3, -0.25) is 10.1 Å². The fourth-order valence-electron chi connectivity index (χ4n) is 2.18. The number of carbonyl (C=O) groups excluding carboxylic acids is 3. The Labute approximate surface area is 172 Å². The molecule has 29 heavy (non-hydrogen) atoms. The number of rotatable bonds is 9. The molecule has 0 fully saturated rings. The van der Waals surface area contributed by atoms with Gasteiger partial charge in [0.15, 0.2) is 18.1 Å². The average Bonchev–Trinajstić information content (AvgIpc) is 3.22. The summed E-state index contributed by atoms with van der Waals surface area (Å²) in [5.74, 6) is -0.496. The Kier molecular flexibility index (Phi) is 8.35. The maximum Gasteiger partial charge on any atom is 0.338 e. The number of amides is 3. The van der Waals surface area contributed by atoms with Crippen LogP contribution in [0.25, 0.3) is 0 Å². The monoisotopic (exact) mass is 424 g/mol. The Morgan fingerprint density at radius 1 is 1.24 bits per heavy atom. The zero-order chi connectivity index (χ0) is 21.2. The van der Waals surface area contributed by atoms with E-state index in [0.717, 1.165) is 6.42 Å². The molecule has 0 atom stereocenters. The van der Waals surface area contributed by atoms with Gasteiger partial charge >= 0.3 is 12.0 Å². The molecule has 0 radical (unpaired) electrons. The van der Waals surface area contributed by atoms with Crippen LogP contribution in [-0.2, 0) is 16.1 Å². The van der Waals surface area contributed by atoms with Crippen LogP contribution in [0, 0.1) is 0 Å². The zero-order valence-electron chi connectivity index (χ0n) is 16.0. The van der Waals surface area contributed by atoms with E-state index in [1.54, 1.807) is 12.1 Å². The van der Waals surface area contributed by atoms with Crippen molar-refractivity contribution in [3.05, 3.63) is 46.9 Å². The first-order chi connectivity index (χ1) is 13.9. The van der Waals surface area contributed by atoms with Gasteiger partial charge in [-0.05, 0) is 30.7 Å². The molecule has 0 saturated carbocycles. The maximum absolute atomic E-state index is 12.2. The molecule has 2 rings (SSSR count). The molecule has 10 heteroatoms. The highest BCUT2D eigenvalue weighted by molar-refractivity contribution is 6.32. The number of ether oxygens (including phenoxy) is 3. The summed E-state index contributed by atoms with van der Waals surface area (Å²) >= 11 is 6.15. The lowest BCUT2D eigenvalue weighted by Gasteiger charge is -2.13. The fraction of sp³-hybridized carbons (Fsp3) is 0.316. The topological polar surface area (TPSA) is 116 Å². The minimum absolute atomic E-state index is 0.0748. The number of urea groups is 1. The van der Waals surface area contributed by atoms with E-state index in [-0.39, 0.29) is 22.9 Å². The molecule has 9 nitrogen and oxygen atoms in total. The molecule has 0 aliphatic rings. The maximum atomic E-state index is 12.2. The van der Waals surface area contributed by atoms with Crippen molar-refractivity contribution in [2.75, 3.05) is 20.3 Å². The number of benzene rings is 1. The van der Waals surface area contributed by atoms with E-state index < -0.39 is 24.5 Å². The van der Waals surface area contributed by atoms with E-state index in [9.17, 15) is 14.4 Å². The van der Waals surface area contributed by atoms with Gasteiger partial charge in [-0.1, -0.05) is 18.5 Å². The highest BCUT2D eigenvalue weighted by Crippen LogP contribution is 2.36. The van der Waals surface area contributed by atoms with Crippen molar-refractivity contribution in [2.24, 2.45) is 0 Å². The lowest BCUT2D eigenvalue weighted by Crippen LogP contribution is -2.41. The van der Waals surface area contributed by atoms with Crippen molar-refractivity contribution in [1.82, 2.24) is 10.6 Å². The van der Waals surface area contributed by atoms with Gasteiger partial charge in [-0.2, -0.15) is 0 Å². The molecule has 2 aromatic rings. The lowest BCUT2D eigenvalue weighted by molar-refractivity contribution is -0.123. The SMILES string of the molecule is CCCOc1c(Cl)cc(C(=O)OCC(=O)NC(=O)NCc2ccco2)cc1OC. The van der Waals surface area contributed by atoms with Gasteiger partial charge in [0.2, 0.25) is 0 Å². The fourth-order valence-corrected chi connectivity index (χ4v) is 2.45. The van der Waals surface area contributed by atoms with Crippen LogP contribution < -0.4 is 20.1 Å². The van der Waals surface area contributed by atoms with Crippen molar-refractivity contribution < 1.29 is 33.0 Å². The number of nitrogens with one attached hydrogen (secondary N) is 2. The third-order valence-corrected chi connectivity index (χ3v) is 3.79. The van der Waals surface area contributed by atoms with Crippen LogP contribution in [0.2, 0.25) is 5.02 Å². The van der Waals surface area contributed by atoms with E-state index in [2.05, 4.69) is 5.32 Å². The molecular formula is C19H21ClN2O7. The number of methoxy groups -OCH3 is 1. The Morgan fingerprint density at radius 3 is 2.69 bits per heavy atom. The number of carbonyl (C=O) groups is 3. The first-order valence-corrected chi connectivity index (χ1v) is 9.09. The van der Waals surface area contributed by atoms with E-state index in [1.165, 1.54) is 25.5 Å². The Morgan fingerprint density at radius 2 is 2.03 bits per heavy atom. The molecule has 0 aliphatic carbocycles. The minimum Gasteiger partial charge on any atom is -0.493 e. The molecule has 3 amide bonds. The number of imide groups is 1. The van der Waals surface area contributed by atoms with Gasteiger partial charge in [0.25, 0.3) is 5.91 Å². The molecule has 0 saturated heterocycles. The predicted molar refractivity (Wildman–Crippen MR) is 103 cm³/mol. The molecule has 2 N–H and O–H groups in total. The summed E-state index contributed by atoms with van der Waals surface area (Å²) in [6.07, 6.45) is 2.23. The van der Waals surface area contributed by atoms with Crippen molar-refractivity contribution in [3.63, 3.8) is 0 Å². The van der Waals surface area contributed by atoms with Crippen molar-refractivity contribution in [2.45, 2.75) is 19.9 Å². The summed E-state index contributed by atoms with van der Waals surface area (Å²) in [6, 6.07) is 5.34. The summed E-state index contributed by atoms with van der Waals surface area (Å²) in [5, 5.41) is 4.64. The summed E-state index contributed by atoms with van der Waals surface area (Å²) in [5.41, 5.74) is 0.0748. The van der Waals surface area contributed by atoms with Crippen LogP contribution in [0.4, 0.5) is 4.79 Å². The molecule has 1 heterocycles. The van der Waals surface area contributed by atoms with Crippen molar-refractivity contribution in [1.29, 1.82) is 0 Å². The van der Waals surface area contributed by atoms with Gasteiger partial charge in [0.1, 0.15) is 5.76 Å². The first-order valence-electron chi connectivity index (χ1n) is 8.72. The number of hydrogen-bond acceptors (Lipinski definition) is 7. The smallest absolute Gasteiger partial charge is 0.338 e. The Bertz CT molecular complexity index is 852. The summed E-state index contributed by atoms with van der Waals surface area (Å²) < 4.78 is 20.7. The van der Waals surface area contributed by atoms with E-state index >= 15 is 0 Å². The van der Waals surface area contributed by atoms with Gasteiger partial charge in [-0.25, -0.2) is 9.59 Å². The van der Waals surface area contributed by atoms with E-state index in [1.807, 2.05) is 12.2 Å². The Balaban J connectivity index is 1.86. The second-order valence-electron chi connectivity index (χ2n) is 5.72. The molecule has 0 aliphatic heterocycles. The van der Waals surface area contributed by atoms with Crippen molar-refractivity contribution in [3.8, 4) is 11.5 Å². The largest absolute Gasteiger partial charge is 0.493 e. The van der Waals surface area contributed by atoms with Crippen LogP contribution >= 0.6 is 11.6 Å². The number of halogens is 1. The quantitative estimate of drug-likeness (QED) is 0.594. The minimum atomic E-state index is -0.807. The number of furan rings is 1. The van der Waals surface area contributed by atoms with Gasteiger partial charge in [0.05, 0.1) is 37.1 Å². The summed E-state index contributed by atoms with van der Waals surface area (Å²) in [4.78, 5) is 35.6. The van der Waals surface area contributed by atoms with E-state index in [4.69, 9.17) is 30.2 Å². The molecule has 156 valence electrons. The molecule has 1 aromatic carbocycles. The molecule has 1 aromatic heterocycles. The van der Waals surface area contributed by atoms with Crippen LogP contribution in [0.1, 0.15) is 29.5 Å².